The number of hydrogen-bond donors (Lipinski definition) is 0. The Bertz CT molecular complexity index is 521. The Hall–Kier alpha value is -1.42. The van der Waals surface area contributed by atoms with Gasteiger partial charge in [0, 0.05) is 25.4 Å². The van der Waals surface area contributed by atoms with Crippen molar-refractivity contribution in [2.75, 3.05) is 14.2 Å². The second kappa shape index (κ2) is 5.70. The van der Waals surface area contributed by atoms with E-state index in [0.717, 1.165) is 0 Å². The van der Waals surface area contributed by atoms with Crippen LogP contribution in [-0.4, -0.2) is 31.2 Å². The van der Waals surface area contributed by atoms with Crippen molar-refractivity contribution in [2.45, 2.75) is 11.2 Å². The minimum Gasteiger partial charge on any atom is -0.373 e. The molecule has 100 valence electrons. The molecule has 0 saturated carbocycles. The zero-order valence-electron chi connectivity index (χ0n) is 10.8. The molecule has 2 atom stereocenters. The molecule has 19 heavy (non-hydrogen) atoms. The molecular formula is C15H15ClO3. The van der Waals surface area contributed by atoms with Crippen molar-refractivity contribution in [1.29, 1.82) is 0 Å². The topological polar surface area (TPSA) is 35.5 Å². The van der Waals surface area contributed by atoms with E-state index < -0.39 is 11.2 Å². The second-order valence-electron chi connectivity index (χ2n) is 4.21. The van der Waals surface area contributed by atoms with Crippen molar-refractivity contribution in [3.8, 4) is 0 Å². The SMILES string of the molecule is COC1C=C(C(=O)c2ccccc2)C=CC1(Cl)OC. The second-order valence-corrected chi connectivity index (χ2v) is 4.80. The van der Waals surface area contributed by atoms with Gasteiger partial charge in [0.2, 0.25) is 0 Å². The summed E-state index contributed by atoms with van der Waals surface area (Å²) < 4.78 is 10.5. The summed E-state index contributed by atoms with van der Waals surface area (Å²) >= 11 is 6.25. The van der Waals surface area contributed by atoms with E-state index in [0.29, 0.717) is 11.1 Å². The van der Waals surface area contributed by atoms with Crippen LogP contribution in [0.2, 0.25) is 0 Å². The van der Waals surface area contributed by atoms with E-state index in [1.807, 2.05) is 18.2 Å². The molecule has 0 aliphatic heterocycles. The van der Waals surface area contributed by atoms with Gasteiger partial charge in [-0.2, -0.15) is 0 Å². The Morgan fingerprint density at radius 3 is 2.53 bits per heavy atom. The molecule has 3 nitrogen and oxygen atoms in total. The van der Waals surface area contributed by atoms with Gasteiger partial charge >= 0.3 is 0 Å². The van der Waals surface area contributed by atoms with Crippen molar-refractivity contribution in [3.05, 3.63) is 59.7 Å². The van der Waals surface area contributed by atoms with Gasteiger partial charge in [-0.25, -0.2) is 0 Å². The number of benzene rings is 1. The third-order valence-electron chi connectivity index (χ3n) is 3.07. The van der Waals surface area contributed by atoms with Crippen LogP contribution in [0.25, 0.3) is 0 Å². The maximum absolute atomic E-state index is 12.3. The fraction of sp³-hybridized carbons (Fsp3) is 0.267. The number of methoxy groups -OCH3 is 2. The number of halogens is 1. The van der Waals surface area contributed by atoms with Crippen molar-refractivity contribution >= 4 is 17.4 Å². The van der Waals surface area contributed by atoms with E-state index in [-0.39, 0.29) is 5.78 Å². The number of ketones is 1. The first-order valence-electron chi connectivity index (χ1n) is 5.88. The Morgan fingerprint density at radius 2 is 1.95 bits per heavy atom. The molecule has 2 unspecified atom stereocenters. The maximum atomic E-state index is 12.3. The third kappa shape index (κ3) is 2.78. The van der Waals surface area contributed by atoms with E-state index in [4.69, 9.17) is 21.1 Å². The maximum Gasteiger partial charge on any atom is 0.192 e. The Kier molecular flexibility index (Phi) is 4.20. The third-order valence-corrected chi connectivity index (χ3v) is 3.57. The van der Waals surface area contributed by atoms with Crippen LogP contribution in [0.5, 0.6) is 0 Å². The van der Waals surface area contributed by atoms with Crippen LogP contribution in [0, 0.1) is 0 Å². The molecule has 2 rings (SSSR count). The Morgan fingerprint density at radius 1 is 1.26 bits per heavy atom. The minimum atomic E-state index is -1.06. The molecule has 0 heterocycles. The summed E-state index contributed by atoms with van der Waals surface area (Å²) in [6.45, 7) is 0. The summed E-state index contributed by atoms with van der Waals surface area (Å²) in [5.74, 6) is -0.0614. The Labute approximate surface area is 117 Å². The number of alkyl halides is 1. The average molecular weight is 279 g/mol. The van der Waals surface area contributed by atoms with Crippen molar-refractivity contribution in [2.24, 2.45) is 0 Å². The summed E-state index contributed by atoms with van der Waals surface area (Å²) in [5, 5.41) is -1.06. The smallest absolute Gasteiger partial charge is 0.192 e. The van der Waals surface area contributed by atoms with E-state index in [1.54, 1.807) is 30.4 Å². The average Bonchev–Trinajstić information content (AvgIpc) is 2.48. The number of ether oxygens (including phenoxy) is 2. The van der Waals surface area contributed by atoms with Gasteiger partial charge < -0.3 is 9.47 Å². The number of hydrogen-bond acceptors (Lipinski definition) is 3. The highest BCUT2D eigenvalue weighted by Gasteiger charge is 2.36. The lowest BCUT2D eigenvalue weighted by Crippen LogP contribution is -2.39. The van der Waals surface area contributed by atoms with Gasteiger partial charge in [0.25, 0.3) is 0 Å². The fourth-order valence-electron chi connectivity index (χ4n) is 1.95. The summed E-state index contributed by atoms with van der Waals surface area (Å²) in [6.07, 6.45) is 4.48. The van der Waals surface area contributed by atoms with Crippen LogP contribution in [0.3, 0.4) is 0 Å². The number of carbonyl (C=O) groups is 1. The van der Waals surface area contributed by atoms with Gasteiger partial charge in [0.05, 0.1) is 0 Å². The molecular weight excluding hydrogens is 264 g/mol. The highest BCUT2D eigenvalue weighted by Crippen LogP contribution is 2.31. The molecule has 1 aromatic carbocycles. The van der Waals surface area contributed by atoms with Crippen molar-refractivity contribution in [1.82, 2.24) is 0 Å². The van der Waals surface area contributed by atoms with Crippen molar-refractivity contribution in [3.63, 3.8) is 0 Å². The first-order valence-corrected chi connectivity index (χ1v) is 6.26. The summed E-state index contributed by atoms with van der Waals surface area (Å²) in [7, 11) is 3.03. The monoisotopic (exact) mass is 278 g/mol. The predicted octanol–water partition coefficient (Wildman–Crippen LogP) is 2.96. The van der Waals surface area contributed by atoms with Gasteiger partial charge in [-0.1, -0.05) is 48.0 Å². The van der Waals surface area contributed by atoms with Gasteiger partial charge in [-0.15, -0.1) is 0 Å². The van der Waals surface area contributed by atoms with Gasteiger partial charge in [0.15, 0.2) is 10.8 Å². The molecule has 0 bridgehead atoms. The zero-order chi connectivity index (χ0) is 13.9. The van der Waals surface area contributed by atoms with Crippen LogP contribution in [0.1, 0.15) is 10.4 Å². The van der Waals surface area contributed by atoms with E-state index in [9.17, 15) is 4.79 Å². The highest BCUT2D eigenvalue weighted by atomic mass is 35.5. The van der Waals surface area contributed by atoms with Crippen LogP contribution in [-0.2, 0) is 9.47 Å². The van der Waals surface area contributed by atoms with Crippen LogP contribution in [0.4, 0.5) is 0 Å². The molecule has 1 aromatic rings. The zero-order valence-corrected chi connectivity index (χ0v) is 11.6. The molecule has 1 aliphatic carbocycles. The standard InChI is InChI=1S/C15H15ClO3/c1-18-13-10-12(8-9-15(13,16)19-2)14(17)11-6-4-3-5-7-11/h3-10,13H,1-2H3. The molecule has 0 saturated heterocycles. The molecule has 0 aromatic heterocycles. The van der Waals surface area contributed by atoms with E-state index in [2.05, 4.69) is 0 Å². The van der Waals surface area contributed by atoms with Crippen LogP contribution < -0.4 is 0 Å². The molecule has 1 aliphatic rings. The lowest BCUT2D eigenvalue weighted by molar-refractivity contribution is -0.0136. The van der Waals surface area contributed by atoms with Crippen molar-refractivity contribution < 1.29 is 14.3 Å². The number of allylic oxidation sites excluding steroid dienone is 2. The minimum absolute atomic E-state index is 0.0614. The molecule has 0 amide bonds. The van der Waals surface area contributed by atoms with Crippen LogP contribution >= 0.6 is 11.6 Å². The van der Waals surface area contributed by atoms with Gasteiger partial charge in [-0.3, -0.25) is 4.79 Å². The predicted molar refractivity (Wildman–Crippen MR) is 74.4 cm³/mol. The first kappa shape index (κ1) is 14.0. The molecule has 4 heteroatoms. The summed E-state index contributed by atoms with van der Waals surface area (Å²) in [6, 6.07) is 9.08. The first-order chi connectivity index (χ1) is 9.10. The number of Topliss-reactive ketones (excluding diaryl/α,β-unsaturated/α-hetero) is 1. The lowest BCUT2D eigenvalue weighted by Gasteiger charge is -2.31. The number of carbonyl (C=O) groups excluding carboxylic acids is 1. The summed E-state index contributed by atoms with van der Waals surface area (Å²) in [5.41, 5.74) is 1.18. The fourth-order valence-corrected chi connectivity index (χ4v) is 2.17. The molecule has 0 fully saturated rings. The number of rotatable bonds is 4. The molecule has 0 radical (unpaired) electrons. The van der Waals surface area contributed by atoms with E-state index >= 15 is 0 Å². The normalized spacial score (nSPS) is 26.1. The largest absolute Gasteiger partial charge is 0.373 e. The quantitative estimate of drug-likeness (QED) is 0.627. The highest BCUT2D eigenvalue weighted by molar-refractivity contribution is 6.25. The lowest BCUT2D eigenvalue weighted by atomic mass is 9.95. The van der Waals surface area contributed by atoms with Crippen LogP contribution in [0.15, 0.2) is 54.1 Å². The summed E-state index contributed by atoms with van der Waals surface area (Å²) in [4.78, 5) is 12.3. The Balaban J connectivity index is 2.28. The van der Waals surface area contributed by atoms with Gasteiger partial charge in [0.1, 0.15) is 6.10 Å². The van der Waals surface area contributed by atoms with Gasteiger partial charge in [-0.05, 0) is 12.2 Å². The molecule has 0 spiro atoms. The molecule has 0 N–H and O–H groups in total. The van der Waals surface area contributed by atoms with E-state index in [1.165, 1.54) is 14.2 Å².